The van der Waals surface area contributed by atoms with E-state index in [-0.39, 0.29) is 0 Å². The molecule has 0 unspecified atom stereocenters. The fraction of sp³-hybridized carbons (Fsp3) is 0.381. The molecule has 2 amide bonds. The predicted octanol–water partition coefficient (Wildman–Crippen LogP) is 2.36. The van der Waals surface area contributed by atoms with Crippen molar-refractivity contribution in [1.82, 2.24) is 15.2 Å². The Kier molecular flexibility index (Phi) is 6.54. The molecule has 3 rings (SSSR count). The van der Waals surface area contributed by atoms with Crippen LogP contribution in [0.2, 0.25) is 0 Å². The average molecular weight is 366 g/mol. The van der Waals surface area contributed by atoms with E-state index < -0.39 is 11.8 Å². The Morgan fingerprint density at radius 1 is 1.11 bits per heavy atom. The number of para-hydroxylation sites is 1. The molecule has 6 nitrogen and oxygen atoms in total. The first-order valence-corrected chi connectivity index (χ1v) is 9.38. The van der Waals surface area contributed by atoms with E-state index in [1.165, 1.54) is 5.56 Å². The fourth-order valence-electron chi connectivity index (χ4n) is 3.31. The highest BCUT2D eigenvalue weighted by Crippen LogP contribution is 2.18. The number of carbonyl (C=O) groups is 2. The summed E-state index contributed by atoms with van der Waals surface area (Å²) in [5.41, 5.74) is 2.82. The second-order valence-electron chi connectivity index (χ2n) is 7.06. The number of aromatic nitrogens is 1. The fourth-order valence-corrected chi connectivity index (χ4v) is 3.31. The van der Waals surface area contributed by atoms with Gasteiger partial charge in [0.15, 0.2) is 0 Å². The summed E-state index contributed by atoms with van der Waals surface area (Å²) in [6.07, 6.45) is 5.72. The summed E-state index contributed by atoms with van der Waals surface area (Å²) in [5.74, 6) is -0.778. The molecule has 1 fully saturated rings. The van der Waals surface area contributed by atoms with E-state index in [9.17, 15) is 9.59 Å². The number of amides is 2. The van der Waals surface area contributed by atoms with E-state index in [0.717, 1.165) is 38.0 Å². The standard InChI is InChI=1S/C21H26N4O2/c1-16-5-2-3-7-19(16)24-21(27)20(26)23-14-17-8-11-25(12-9-17)15-18-6-4-10-22-13-18/h2-7,10,13,17H,8-9,11-12,14-15H2,1H3,(H,23,26)(H,24,27). The lowest BCUT2D eigenvalue weighted by molar-refractivity contribution is -0.136. The van der Waals surface area contributed by atoms with Crippen molar-refractivity contribution in [2.75, 3.05) is 25.0 Å². The Hall–Kier alpha value is -2.73. The normalized spacial score (nSPS) is 15.3. The average Bonchev–Trinajstić information content (AvgIpc) is 2.69. The van der Waals surface area contributed by atoms with Gasteiger partial charge in [-0.1, -0.05) is 24.3 Å². The lowest BCUT2D eigenvalue weighted by atomic mass is 9.96. The first kappa shape index (κ1) is 19.0. The summed E-state index contributed by atoms with van der Waals surface area (Å²) in [4.78, 5) is 30.7. The van der Waals surface area contributed by atoms with Gasteiger partial charge in [0.2, 0.25) is 0 Å². The molecule has 0 atom stereocenters. The number of piperidine rings is 1. The van der Waals surface area contributed by atoms with E-state index in [2.05, 4.69) is 26.6 Å². The monoisotopic (exact) mass is 366 g/mol. The molecule has 2 aromatic rings. The number of hydrogen-bond donors (Lipinski definition) is 2. The van der Waals surface area contributed by atoms with Gasteiger partial charge in [0, 0.05) is 31.2 Å². The second-order valence-corrected chi connectivity index (χ2v) is 7.06. The zero-order chi connectivity index (χ0) is 19.1. The molecule has 0 radical (unpaired) electrons. The highest BCUT2D eigenvalue weighted by molar-refractivity contribution is 6.39. The van der Waals surface area contributed by atoms with Crippen LogP contribution in [0.4, 0.5) is 5.69 Å². The number of anilines is 1. The van der Waals surface area contributed by atoms with Crippen LogP contribution < -0.4 is 10.6 Å². The van der Waals surface area contributed by atoms with E-state index in [1.807, 2.05) is 37.4 Å². The van der Waals surface area contributed by atoms with Crippen LogP contribution in [0, 0.1) is 12.8 Å². The molecule has 2 N–H and O–H groups in total. The maximum absolute atomic E-state index is 12.1. The molecule has 0 saturated carbocycles. The van der Waals surface area contributed by atoms with Gasteiger partial charge in [-0.05, 0) is 62.0 Å². The van der Waals surface area contributed by atoms with E-state index in [1.54, 1.807) is 12.3 Å². The molecular weight excluding hydrogens is 340 g/mol. The first-order chi connectivity index (χ1) is 13.1. The Morgan fingerprint density at radius 2 is 1.89 bits per heavy atom. The third kappa shape index (κ3) is 5.62. The van der Waals surface area contributed by atoms with Gasteiger partial charge in [-0.25, -0.2) is 0 Å². The van der Waals surface area contributed by atoms with Crippen LogP contribution in [0.25, 0.3) is 0 Å². The summed E-state index contributed by atoms with van der Waals surface area (Å²) < 4.78 is 0. The van der Waals surface area contributed by atoms with Crippen LogP contribution in [0.15, 0.2) is 48.8 Å². The summed E-state index contributed by atoms with van der Waals surface area (Å²) >= 11 is 0. The minimum atomic E-state index is -0.613. The van der Waals surface area contributed by atoms with Gasteiger partial charge in [-0.15, -0.1) is 0 Å². The van der Waals surface area contributed by atoms with Crippen molar-refractivity contribution >= 4 is 17.5 Å². The van der Waals surface area contributed by atoms with Crippen molar-refractivity contribution in [3.05, 3.63) is 59.9 Å². The van der Waals surface area contributed by atoms with Gasteiger partial charge in [0.1, 0.15) is 0 Å². The summed E-state index contributed by atoms with van der Waals surface area (Å²) in [7, 11) is 0. The molecule has 6 heteroatoms. The molecule has 1 saturated heterocycles. The minimum Gasteiger partial charge on any atom is -0.348 e. The molecular formula is C21H26N4O2. The van der Waals surface area contributed by atoms with Gasteiger partial charge in [-0.3, -0.25) is 19.5 Å². The van der Waals surface area contributed by atoms with Crippen LogP contribution >= 0.6 is 0 Å². The molecule has 0 aliphatic carbocycles. The van der Waals surface area contributed by atoms with Crippen LogP contribution in [-0.2, 0) is 16.1 Å². The Labute approximate surface area is 160 Å². The third-order valence-corrected chi connectivity index (χ3v) is 4.99. The summed E-state index contributed by atoms with van der Waals surface area (Å²) in [6.45, 7) is 5.33. The van der Waals surface area contributed by atoms with Crippen LogP contribution in [-0.4, -0.2) is 41.3 Å². The largest absolute Gasteiger partial charge is 0.348 e. The quantitative estimate of drug-likeness (QED) is 0.797. The van der Waals surface area contributed by atoms with Crippen molar-refractivity contribution in [3.63, 3.8) is 0 Å². The number of benzene rings is 1. The molecule has 1 aliphatic heterocycles. The van der Waals surface area contributed by atoms with Crippen molar-refractivity contribution in [1.29, 1.82) is 0 Å². The maximum Gasteiger partial charge on any atom is 0.313 e. The molecule has 142 valence electrons. The van der Waals surface area contributed by atoms with E-state index in [0.29, 0.717) is 18.2 Å². The third-order valence-electron chi connectivity index (χ3n) is 4.99. The number of aryl methyl sites for hydroxylation is 1. The topological polar surface area (TPSA) is 74.3 Å². The van der Waals surface area contributed by atoms with E-state index >= 15 is 0 Å². The number of rotatable bonds is 5. The number of likely N-dealkylation sites (tertiary alicyclic amines) is 1. The molecule has 1 aromatic carbocycles. The zero-order valence-electron chi connectivity index (χ0n) is 15.6. The second kappa shape index (κ2) is 9.28. The Bertz CT molecular complexity index is 771. The predicted molar refractivity (Wildman–Crippen MR) is 105 cm³/mol. The smallest absolute Gasteiger partial charge is 0.313 e. The Balaban J connectivity index is 1.38. The van der Waals surface area contributed by atoms with Gasteiger partial charge in [-0.2, -0.15) is 0 Å². The molecule has 27 heavy (non-hydrogen) atoms. The van der Waals surface area contributed by atoms with Gasteiger partial charge < -0.3 is 10.6 Å². The van der Waals surface area contributed by atoms with Gasteiger partial charge >= 0.3 is 11.8 Å². The summed E-state index contributed by atoms with van der Waals surface area (Å²) in [6, 6.07) is 11.5. The van der Waals surface area contributed by atoms with Crippen molar-refractivity contribution < 1.29 is 9.59 Å². The first-order valence-electron chi connectivity index (χ1n) is 9.38. The number of carbonyl (C=O) groups excluding carboxylic acids is 2. The molecule has 0 spiro atoms. The van der Waals surface area contributed by atoms with Crippen LogP contribution in [0.3, 0.4) is 0 Å². The van der Waals surface area contributed by atoms with E-state index in [4.69, 9.17) is 0 Å². The molecule has 2 heterocycles. The molecule has 1 aromatic heterocycles. The Morgan fingerprint density at radius 3 is 2.59 bits per heavy atom. The van der Waals surface area contributed by atoms with Gasteiger partial charge in [0.05, 0.1) is 0 Å². The number of nitrogens with one attached hydrogen (secondary N) is 2. The minimum absolute atomic E-state index is 0.408. The number of hydrogen-bond acceptors (Lipinski definition) is 4. The molecule has 0 bridgehead atoms. The lowest BCUT2D eigenvalue weighted by Gasteiger charge is -2.31. The number of nitrogens with zero attached hydrogens (tertiary/aromatic N) is 2. The highest BCUT2D eigenvalue weighted by atomic mass is 16.2. The van der Waals surface area contributed by atoms with Crippen molar-refractivity contribution in [3.8, 4) is 0 Å². The number of pyridine rings is 1. The van der Waals surface area contributed by atoms with Crippen LogP contribution in [0.5, 0.6) is 0 Å². The lowest BCUT2D eigenvalue weighted by Crippen LogP contribution is -2.41. The van der Waals surface area contributed by atoms with Crippen LogP contribution in [0.1, 0.15) is 24.0 Å². The highest BCUT2D eigenvalue weighted by Gasteiger charge is 2.21. The SMILES string of the molecule is Cc1ccccc1NC(=O)C(=O)NCC1CCN(Cc2cccnc2)CC1. The van der Waals surface area contributed by atoms with Crippen molar-refractivity contribution in [2.24, 2.45) is 5.92 Å². The van der Waals surface area contributed by atoms with Crippen molar-refractivity contribution in [2.45, 2.75) is 26.3 Å². The molecule has 1 aliphatic rings. The van der Waals surface area contributed by atoms with Gasteiger partial charge in [0.25, 0.3) is 0 Å². The maximum atomic E-state index is 12.1. The summed E-state index contributed by atoms with van der Waals surface area (Å²) in [5, 5.41) is 5.44. The zero-order valence-corrected chi connectivity index (χ0v) is 15.6.